The zero-order valence-electron chi connectivity index (χ0n) is 13.1. The third-order valence-corrected chi connectivity index (χ3v) is 3.67. The van der Waals surface area contributed by atoms with Crippen LogP contribution in [0.5, 0.6) is 0 Å². The van der Waals surface area contributed by atoms with Crippen molar-refractivity contribution in [2.45, 2.75) is 58.0 Å². The second kappa shape index (κ2) is 8.41. The first kappa shape index (κ1) is 18.0. The van der Waals surface area contributed by atoms with E-state index >= 15 is 0 Å². The van der Waals surface area contributed by atoms with Crippen molar-refractivity contribution in [3.05, 3.63) is 12.3 Å². The van der Waals surface area contributed by atoms with Crippen molar-refractivity contribution in [2.24, 2.45) is 5.92 Å². The molecule has 1 saturated carbocycles. The number of allylic oxidation sites excluding steroid dienone is 1. The van der Waals surface area contributed by atoms with Gasteiger partial charge in [-0.25, -0.2) is 4.79 Å². The number of hydrogen-bond acceptors (Lipinski definition) is 4. The van der Waals surface area contributed by atoms with Crippen LogP contribution in [-0.4, -0.2) is 35.2 Å². The van der Waals surface area contributed by atoms with Crippen molar-refractivity contribution >= 4 is 18.0 Å². The Balaban J connectivity index is 2.75. The third kappa shape index (κ3) is 5.75. The Morgan fingerprint density at radius 2 is 1.77 bits per heavy atom. The molecule has 22 heavy (non-hydrogen) atoms. The average Bonchev–Trinajstić information content (AvgIpc) is 2.44. The summed E-state index contributed by atoms with van der Waals surface area (Å²) in [5, 5.41) is 13.8. The molecule has 0 aromatic carbocycles. The summed E-state index contributed by atoms with van der Waals surface area (Å²) in [5.41, 5.74) is 0. The van der Waals surface area contributed by atoms with Crippen molar-refractivity contribution < 1.29 is 24.2 Å². The number of rotatable bonds is 6. The number of aliphatic carboxylic acids is 1. The topological polar surface area (TPSA) is 105 Å². The lowest BCUT2D eigenvalue weighted by Crippen LogP contribution is -2.54. The zero-order valence-corrected chi connectivity index (χ0v) is 13.1. The van der Waals surface area contributed by atoms with E-state index in [1.165, 1.54) is 13.8 Å². The SMILES string of the molecule is C=C(C)OC(=O)NC(C(=O)NC(C)C(=O)O)C1CCCCC1. The molecule has 2 unspecified atom stereocenters. The number of carbonyl (C=O) groups is 3. The van der Waals surface area contributed by atoms with E-state index in [0.29, 0.717) is 0 Å². The van der Waals surface area contributed by atoms with Gasteiger partial charge >= 0.3 is 12.1 Å². The van der Waals surface area contributed by atoms with E-state index in [1.54, 1.807) is 0 Å². The van der Waals surface area contributed by atoms with Gasteiger partial charge in [0.05, 0.1) is 5.76 Å². The Morgan fingerprint density at radius 1 is 1.18 bits per heavy atom. The molecule has 7 heteroatoms. The lowest BCUT2D eigenvalue weighted by molar-refractivity contribution is -0.141. The van der Waals surface area contributed by atoms with Crippen molar-refractivity contribution in [1.82, 2.24) is 10.6 Å². The number of carboxylic acid groups (broad SMARTS) is 1. The summed E-state index contributed by atoms with van der Waals surface area (Å²) in [6.45, 7) is 6.38. The number of carbonyl (C=O) groups excluding carboxylic acids is 2. The summed E-state index contributed by atoms with van der Waals surface area (Å²) in [6.07, 6.45) is 3.95. The molecular formula is C15H24N2O5. The maximum atomic E-state index is 12.3. The number of amides is 2. The predicted octanol–water partition coefficient (Wildman–Crippen LogP) is 1.78. The zero-order chi connectivity index (χ0) is 16.7. The molecule has 0 aromatic rings. The van der Waals surface area contributed by atoms with Crippen molar-refractivity contribution in [3.8, 4) is 0 Å². The van der Waals surface area contributed by atoms with E-state index in [4.69, 9.17) is 9.84 Å². The fourth-order valence-electron chi connectivity index (χ4n) is 2.54. The Kier molecular flexibility index (Phi) is 6.88. The molecule has 2 amide bonds. The van der Waals surface area contributed by atoms with Crippen LogP contribution in [0, 0.1) is 5.92 Å². The van der Waals surface area contributed by atoms with Crippen molar-refractivity contribution in [3.63, 3.8) is 0 Å². The molecule has 3 N–H and O–H groups in total. The van der Waals surface area contributed by atoms with Gasteiger partial charge in [-0.1, -0.05) is 25.8 Å². The molecule has 1 rings (SSSR count). The largest absolute Gasteiger partial charge is 0.480 e. The van der Waals surface area contributed by atoms with Gasteiger partial charge < -0.3 is 20.5 Å². The number of carboxylic acids is 1. The second-order valence-corrected chi connectivity index (χ2v) is 5.68. The number of ether oxygens (including phenoxy) is 1. The minimum absolute atomic E-state index is 0.0209. The predicted molar refractivity (Wildman–Crippen MR) is 80.0 cm³/mol. The highest BCUT2D eigenvalue weighted by Gasteiger charge is 2.32. The molecule has 1 aliphatic carbocycles. The van der Waals surface area contributed by atoms with Gasteiger partial charge in [-0.15, -0.1) is 0 Å². The molecule has 1 aliphatic rings. The molecule has 1 fully saturated rings. The highest BCUT2D eigenvalue weighted by atomic mass is 16.6. The number of alkyl carbamates (subject to hydrolysis) is 1. The van der Waals surface area contributed by atoms with Gasteiger partial charge in [-0.2, -0.15) is 0 Å². The molecule has 2 atom stereocenters. The molecule has 0 aromatic heterocycles. The van der Waals surface area contributed by atoms with E-state index in [0.717, 1.165) is 32.1 Å². The highest BCUT2D eigenvalue weighted by molar-refractivity contribution is 5.89. The van der Waals surface area contributed by atoms with E-state index in [2.05, 4.69) is 17.2 Å². The molecule has 0 spiro atoms. The van der Waals surface area contributed by atoms with E-state index in [1.807, 2.05) is 0 Å². The Morgan fingerprint density at radius 3 is 2.27 bits per heavy atom. The Bertz CT molecular complexity index is 443. The molecule has 0 radical (unpaired) electrons. The molecule has 0 bridgehead atoms. The first-order valence-corrected chi connectivity index (χ1v) is 7.48. The van der Waals surface area contributed by atoms with Crippen LogP contribution in [0.3, 0.4) is 0 Å². The van der Waals surface area contributed by atoms with Crippen LogP contribution < -0.4 is 10.6 Å². The summed E-state index contributed by atoms with van der Waals surface area (Å²) >= 11 is 0. The summed E-state index contributed by atoms with van der Waals surface area (Å²) in [7, 11) is 0. The normalized spacial score (nSPS) is 17.9. The van der Waals surface area contributed by atoms with Gasteiger partial charge in [-0.05, 0) is 32.6 Å². The molecule has 7 nitrogen and oxygen atoms in total. The van der Waals surface area contributed by atoms with E-state index < -0.39 is 30.1 Å². The second-order valence-electron chi connectivity index (χ2n) is 5.68. The summed E-state index contributed by atoms with van der Waals surface area (Å²) < 4.78 is 4.83. The molecule has 0 aliphatic heterocycles. The van der Waals surface area contributed by atoms with Gasteiger partial charge in [0, 0.05) is 0 Å². The van der Waals surface area contributed by atoms with Gasteiger partial charge in [0.15, 0.2) is 0 Å². The molecule has 124 valence electrons. The van der Waals surface area contributed by atoms with Gasteiger partial charge in [0.25, 0.3) is 0 Å². The summed E-state index contributed by atoms with van der Waals surface area (Å²) in [4.78, 5) is 34.9. The van der Waals surface area contributed by atoms with Crippen LogP contribution >= 0.6 is 0 Å². The lowest BCUT2D eigenvalue weighted by atomic mass is 9.83. The van der Waals surface area contributed by atoms with Gasteiger partial charge in [0.1, 0.15) is 12.1 Å². The fourth-order valence-corrected chi connectivity index (χ4v) is 2.54. The van der Waals surface area contributed by atoms with Crippen LogP contribution in [0.1, 0.15) is 46.0 Å². The van der Waals surface area contributed by atoms with Crippen LogP contribution in [0.15, 0.2) is 12.3 Å². The van der Waals surface area contributed by atoms with Crippen LogP contribution in [0.4, 0.5) is 4.79 Å². The Labute approximate surface area is 130 Å². The van der Waals surface area contributed by atoms with Gasteiger partial charge in [-0.3, -0.25) is 9.59 Å². The quantitative estimate of drug-likeness (QED) is 0.648. The monoisotopic (exact) mass is 312 g/mol. The van der Waals surface area contributed by atoms with Crippen molar-refractivity contribution in [1.29, 1.82) is 0 Å². The lowest BCUT2D eigenvalue weighted by Gasteiger charge is -2.30. The number of hydrogen-bond donors (Lipinski definition) is 3. The first-order chi connectivity index (χ1) is 10.3. The third-order valence-electron chi connectivity index (χ3n) is 3.67. The van der Waals surface area contributed by atoms with Crippen LogP contribution in [0.25, 0.3) is 0 Å². The average molecular weight is 312 g/mol. The Hall–Kier alpha value is -2.05. The van der Waals surface area contributed by atoms with Crippen molar-refractivity contribution in [2.75, 3.05) is 0 Å². The smallest absolute Gasteiger partial charge is 0.412 e. The first-order valence-electron chi connectivity index (χ1n) is 7.48. The molecular weight excluding hydrogens is 288 g/mol. The number of nitrogens with one attached hydrogen (secondary N) is 2. The minimum Gasteiger partial charge on any atom is -0.480 e. The standard InChI is InChI=1S/C15H24N2O5/c1-9(2)22-15(21)17-12(11-7-5-4-6-8-11)13(18)16-10(3)14(19)20/h10-12H,1,4-8H2,2-3H3,(H,16,18)(H,17,21)(H,19,20). The molecule has 0 heterocycles. The van der Waals surface area contributed by atoms with Crippen LogP contribution in [0.2, 0.25) is 0 Å². The van der Waals surface area contributed by atoms with Gasteiger partial charge in [0.2, 0.25) is 5.91 Å². The minimum atomic E-state index is -1.12. The van der Waals surface area contributed by atoms with E-state index in [-0.39, 0.29) is 11.7 Å². The summed E-state index contributed by atoms with van der Waals surface area (Å²) in [5.74, 6) is -1.42. The summed E-state index contributed by atoms with van der Waals surface area (Å²) in [6, 6.07) is -1.81. The maximum absolute atomic E-state index is 12.3. The fraction of sp³-hybridized carbons (Fsp3) is 0.667. The van der Waals surface area contributed by atoms with E-state index in [9.17, 15) is 14.4 Å². The van der Waals surface area contributed by atoms with Crippen LogP contribution in [-0.2, 0) is 14.3 Å². The maximum Gasteiger partial charge on any atom is 0.412 e. The molecule has 0 saturated heterocycles. The highest BCUT2D eigenvalue weighted by Crippen LogP contribution is 2.26.